The highest BCUT2D eigenvalue weighted by Gasteiger charge is 2.22. The van der Waals surface area contributed by atoms with Gasteiger partial charge in [-0.25, -0.2) is 0 Å². The van der Waals surface area contributed by atoms with Crippen molar-refractivity contribution in [2.24, 2.45) is 0 Å². The van der Waals surface area contributed by atoms with Crippen molar-refractivity contribution in [2.75, 3.05) is 12.4 Å². The highest BCUT2D eigenvalue weighted by Crippen LogP contribution is 2.20. The van der Waals surface area contributed by atoms with Crippen LogP contribution in [0.15, 0.2) is 0 Å². The van der Waals surface area contributed by atoms with E-state index in [9.17, 15) is 0 Å². The molecule has 0 bridgehead atoms. The van der Waals surface area contributed by atoms with E-state index >= 15 is 0 Å². The predicted octanol–water partition coefficient (Wildman–Crippen LogP) is 2.32. The van der Waals surface area contributed by atoms with Gasteiger partial charge in [-0.15, -0.1) is 0 Å². The molecule has 3 unspecified atom stereocenters. The molecular weight excluding hydrogens is 230 g/mol. The number of methoxy groups -OCH3 is 1. The van der Waals surface area contributed by atoms with Crippen LogP contribution in [-0.4, -0.2) is 30.6 Å². The zero-order valence-electron chi connectivity index (χ0n) is 8.55. The fourth-order valence-electron chi connectivity index (χ4n) is 1.96. The highest BCUT2D eigenvalue weighted by atomic mass is 79.9. The summed E-state index contributed by atoms with van der Waals surface area (Å²) in [5.41, 5.74) is 0. The first-order valence-electron chi connectivity index (χ1n) is 5.11. The number of halogens is 1. The lowest BCUT2D eigenvalue weighted by molar-refractivity contribution is 0.0577. The summed E-state index contributed by atoms with van der Waals surface area (Å²) in [7, 11) is 1.82. The van der Waals surface area contributed by atoms with Crippen molar-refractivity contribution >= 4 is 15.9 Å². The van der Waals surface area contributed by atoms with Gasteiger partial charge >= 0.3 is 0 Å². The van der Waals surface area contributed by atoms with Crippen LogP contribution in [0.2, 0.25) is 0 Å². The number of ether oxygens (including phenoxy) is 1. The lowest BCUT2D eigenvalue weighted by atomic mass is 9.92. The van der Waals surface area contributed by atoms with Gasteiger partial charge in [0.05, 0.1) is 6.10 Å². The predicted molar refractivity (Wildman–Crippen MR) is 59.4 cm³/mol. The SMILES string of the molecule is COC1CCCC(NC(C)CBr)C1. The van der Waals surface area contributed by atoms with Crippen molar-refractivity contribution in [1.82, 2.24) is 5.32 Å². The molecule has 1 aliphatic carbocycles. The van der Waals surface area contributed by atoms with E-state index in [2.05, 4.69) is 28.2 Å². The molecule has 0 aromatic heterocycles. The summed E-state index contributed by atoms with van der Waals surface area (Å²) in [6, 6.07) is 1.23. The maximum absolute atomic E-state index is 5.38. The van der Waals surface area contributed by atoms with E-state index in [-0.39, 0.29) is 0 Å². The van der Waals surface area contributed by atoms with Gasteiger partial charge in [0, 0.05) is 24.5 Å². The second-order valence-electron chi connectivity index (χ2n) is 3.94. The molecule has 0 aliphatic heterocycles. The summed E-state index contributed by atoms with van der Waals surface area (Å²) < 4.78 is 5.38. The fraction of sp³-hybridized carbons (Fsp3) is 1.00. The Morgan fingerprint density at radius 3 is 2.92 bits per heavy atom. The third kappa shape index (κ3) is 3.96. The first kappa shape index (κ1) is 11.5. The van der Waals surface area contributed by atoms with Gasteiger partial charge in [-0.3, -0.25) is 0 Å². The second kappa shape index (κ2) is 5.99. The van der Waals surface area contributed by atoms with Crippen LogP contribution in [0.25, 0.3) is 0 Å². The quantitative estimate of drug-likeness (QED) is 0.773. The summed E-state index contributed by atoms with van der Waals surface area (Å²) in [5, 5.41) is 4.63. The minimum absolute atomic E-state index is 0.480. The lowest BCUT2D eigenvalue weighted by Crippen LogP contribution is -2.42. The van der Waals surface area contributed by atoms with Crippen LogP contribution in [0, 0.1) is 0 Å². The molecule has 1 fully saturated rings. The number of nitrogens with one attached hydrogen (secondary N) is 1. The Kier molecular flexibility index (Phi) is 5.29. The molecular formula is C10H20BrNO. The van der Waals surface area contributed by atoms with E-state index in [1.165, 1.54) is 25.7 Å². The van der Waals surface area contributed by atoms with Crippen molar-refractivity contribution in [3.05, 3.63) is 0 Å². The summed E-state index contributed by atoms with van der Waals surface area (Å²) in [5.74, 6) is 0. The molecule has 0 aromatic rings. The molecule has 78 valence electrons. The molecule has 1 saturated carbocycles. The Labute approximate surface area is 89.5 Å². The van der Waals surface area contributed by atoms with Crippen LogP contribution in [-0.2, 0) is 4.74 Å². The molecule has 0 aromatic carbocycles. The average molecular weight is 250 g/mol. The molecule has 1 rings (SSSR count). The Morgan fingerprint density at radius 1 is 1.54 bits per heavy atom. The van der Waals surface area contributed by atoms with E-state index in [1.807, 2.05) is 7.11 Å². The Morgan fingerprint density at radius 2 is 2.31 bits per heavy atom. The van der Waals surface area contributed by atoms with E-state index in [1.54, 1.807) is 0 Å². The molecule has 0 radical (unpaired) electrons. The van der Waals surface area contributed by atoms with Crippen molar-refractivity contribution in [3.63, 3.8) is 0 Å². The highest BCUT2D eigenvalue weighted by molar-refractivity contribution is 9.09. The van der Waals surface area contributed by atoms with Gasteiger partial charge < -0.3 is 10.1 Å². The van der Waals surface area contributed by atoms with Crippen LogP contribution in [0.1, 0.15) is 32.6 Å². The molecule has 2 nitrogen and oxygen atoms in total. The molecule has 1 N–H and O–H groups in total. The molecule has 3 atom stereocenters. The summed E-state index contributed by atoms with van der Waals surface area (Å²) in [6.45, 7) is 2.21. The molecule has 13 heavy (non-hydrogen) atoms. The first-order chi connectivity index (χ1) is 6.26. The maximum atomic E-state index is 5.38. The van der Waals surface area contributed by atoms with Gasteiger partial charge in [-0.2, -0.15) is 0 Å². The van der Waals surface area contributed by atoms with Crippen LogP contribution in [0.3, 0.4) is 0 Å². The van der Waals surface area contributed by atoms with Crippen molar-refractivity contribution in [2.45, 2.75) is 50.8 Å². The van der Waals surface area contributed by atoms with Crippen molar-refractivity contribution in [1.29, 1.82) is 0 Å². The van der Waals surface area contributed by atoms with Crippen molar-refractivity contribution in [3.8, 4) is 0 Å². The minimum Gasteiger partial charge on any atom is -0.381 e. The van der Waals surface area contributed by atoms with Gasteiger partial charge in [-0.05, 0) is 32.6 Å². The van der Waals surface area contributed by atoms with Crippen molar-refractivity contribution < 1.29 is 4.74 Å². The van der Waals surface area contributed by atoms with E-state index < -0.39 is 0 Å². The zero-order valence-corrected chi connectivity index (χ0v) is 10.1. The van der Waals surface area contributed by atoms with E-state index in [0.717, 1.165) is 5.33 Å². The van der Waals surface area contributed by atoms with E-state index in [0.29, 0.717) is 18.2 Å². The topological polar surface area (TPSA) is 21.3 Å². The molecule has 0 heterocycles. The number of hydrogen-bond acceptors (Lipinski definition) is 2. The molecule has 0 amide bonds. The largest absolute Gasteiger partial charge is 0.381 e. The van der Waals surface area contributed by atoms with Crippen LogP contribution in [0.4, 0.5) is 0 Å². The van der Waals surface area contributed by atoms with Crippen LogP contribution in [0.5, 0.6) is 0 Å². The summed E-state index contributed by atoms with van der Waals surface area (Å²) >= 11 is 3.48. The molecule has 0 spiro atoms. The Hall–Kier alpha value is 0.400. The molecule has 0 saturated heterocycles. The standard InChI is InChI=1S/C10H20BrNO/c1-8(7-11)12-9-4-3-5-10(6-9)13-2/h8-10,12H,3-7H2,1-2H3. The number of alkyl halides is 1. The molecule has 1 aliphatic rings. The Balaban J connectivity index is 2.25. The average Bonchev–Trinajstić information content (AvgIpc) is 2.18. The first-order valence-corrected chi connectivity index (χ1v) is 6.23. The van der Waals surface area contributed by atoms with Gasteiger partial charge in [0.25, 0.3) is 0 Å². The second-order valence-corrected chi connectivity index (χ2v) is 4.59. The minimum atomic E-state index is 0.480. The van der Waals surface area contributed by atoms with E-state index in [4.69, 9.17) is 4.74 Å². The summed E-state index contributed by atoms with van der Waals surface area (Å²) in [6.07, 6.45) is 5.49. The van der Waals surface area contributed by atoms with Gasteiger partial charge in [0.15, 0.2) is 0 Å². The van der Waals surface area contributed by atoms with Crippen LogP contribution < -0.4 is 5.32 Å². The smallest absolute Gasteiger partial charge is 0.0586 e. The summed E-state index contributed by atoms with van der Waals surface area (Å²) in [4.78, 5) is 0. The van der Waals surface area contributed by atoms with Gasteiger partial charge in [0.1, 0.15) is 0 Å². The zero-order chi connectivity index (χ0) is 9.68. The monoisotopic (exact) mass is 249 g/mol. The number of rotatable bonds is 4. The van der Waals surface area contributed by atoms with Gasteiger partial charge in [0.2, 0.25) is 0 Å². The third-order valence-corrected chi connectivity index (χ3v) is 3.68. The number of hydrogen-bond donors (Lipinski definition) is 1. The van der Waals surface area contributed by atoms with Crippen LogP contribution >= 0.6 is 15.9 Å². The third-order valence-electron chi connectivity index (χ3n) is 2.71. The van der Waals surface area contributed by atoms with Gasteiger partial charge in [-0.1, -0.05) is 15.9 Å². The molecule has 3 heteroatoms. The fourth-order valence-corrected chi connectivity index (χ4v) is 2.14. The lowest BCUT2D eigenvalue weighted by Gasteiger charge is -2.30. The normalized spacial score (nSPS) is 31.6. The Bertz CT molecular complexity index is 141. The maximum Gasteiger partial charge on any atom is 0.0586 e.